The largest absolute Gasteiger partial charge is 0.355 e. The molecule has 3 aromatic rings. The van der Waals surface area contributed by atoms with E-state index in [1.165, 1.54) is 10.8 Å². The predicted octanol–water partition coefficient (Wildman–Crippen LogP) is 4.87. The topological polar surface area (TPSA) is 12.0 Å². The number of fused-ring (bicyclic) bond motifs is 1. The number of nitrogens with one attached hydrogen (secondary N) is 1. The summed E-state index contributed by atoms with van der Waals surface area (Å²) in [5.74, 6) is 0. The molecule has 0 aliphatic heterocycles. The van der Waals surface area contributed by atoms with Crippen molar-refractivity contribution in [3.05, 3.63) is 66.7 Å². The fourth-order valence-corrected chi connectivity index (χ4v) is 2.36. The molecule has 0 fully saturated rings. The van der Waals surface area contributed by atoms with Crippen LogP contribution in [0.2, 0.25) is 0 Å². The lowest BCUT2D eigenvalue weighted by Crippen LogP contribution is -1.91. The summed E-state index contributed by atoms with van der Waals surface area (Å²) in [5.41, 5.74) is 2.20. The van der Waals surface area contributed by atoms with Crippen molar-refractivity contribution < 1.29 is 0 Å². The third kappa shape index (κ3) is 2.07. The van der Waals surface area contributed by atoms with E-state index in [9.17, 15) is 0 Å². The van der Waals surface area contributed by atoms with Crippen LogP contribution in [0.5, 0.6) is 0 Å². The Labute approximate surface area is 112 Å². The van der Waals surface area contributed by atoms with Crippen LogP contribution in [-0.2, 0) is 0 Å². The Kier molecular flexibility index (Phi) is 2.95. The first-order valence-electron chi connectivity index (χ1n) is 5.87. The van der Waals surface area contributed by atoms with E-state index in [1.807, 2.05) is 36.4 Å². The lowest BCUT2D eigenvalue weighted by atomic mass is 10.1. The predicted molar refractivity (Wildman–Crippen MR) is 80.9 cm³/mol. The van der Waals surface area contributed by atoms with E-state index in [2.05, 4.69) is 48.3 Å². The number of para-hydroxylation sites is 1. The minimum atomic E-state index is 1.00. The molecule has 88 valence electrons. The smallest absolute Gasteiger partial charge is 0.0464 e. The lowest BCUT2D eigenvalue weighted by Gasteiger charge is -2.10. The van der Waals surface area contributed by atoms with Crippen LogP contribution in [0.1, 0.15) is 0 Å². The number of anilines is 2. The first-order valence-corrected chi connectivity index (χ1v) is 6.32. The van der Waals surface area contributed by atoms with Crippen molar-refractivity contribution in [1.82, 2.24) is 0 Å². The van der Waals surface area contributed by atoms with Gasteiger partial charge < -0.3 is 5.32 Å². The van der Waals surface area contributed by atoms with Crippen LogP contribution in [-0.4, -0.2) is 0 Å². The highest BCUT2D eigenvalue weighted by atomic mass is 32.1. The van der Waals surface area contributed by atoms with E-state index in [1.54, 1.807) is 0 Å². The van der Waals surface area contributed by atoms with Gasteiger partial charge in [0.05, 0.1) is 0 Å². The minimum Gasteiger partial charge on any atom is -0.355 e. The van der Waals surface area contributed by atoms with Gasteiger partial charge in [-0.25, -0.2) is 0 Å². The van der Waals surface area contributed by atoms with Crippen molar-refractivity contribution in [1.29, 1.82) is 0 Å². The van der Waals surface area contributed by atoms with Crippen molar-refractivity contribution >= 4 is 34.8 Å². The van der Waals surface area contributed by atoms with Gasteiger partial charge in [0.15, 0.2) is 0 Å². The van der Waals surface area contributed by atoms with Gasteiger partial charge >= 0.3 is 0 Å². The molecule has 0 saturated carbocycles. The maximum Gasteiger partial charge on any atom is 0.0464 e. The number of benzene rings is 3. The second-order valence-electron chi connectivity index (χ2n) is 4.17. The van der Waals surface area contributed by atoms with Crippen molar-refractivity contribution in [2.24, 2.45) is 0 Å². The molecule has 3 rings (SSSR count). The first kappa shape index (κ1) is 11.2. The maximum atomic E-state index is 4.50. The molecule has 2 heteroatoms. The summed E-state index contributed by atoms with van der Waals surface area (Å²) in [6, 6.07) is 22.6. The summed E-state index contributed by atoms with van der Waals surface area (Å²) in [6.45, 7) is 0. The summed E-state index contributed by atoms with van der Waals surface area (Å²) in [5, 5.41) is 5.80. The Balaban J connectivity index is 2.10. The Bertz CT molecular complexity index is 677. The quantitative estimate of drug-likeness (QED) is 0.619. The summed E-state index contributed by atoms with van der Waals surface area (Å²) in [7, 11) is 0. The summed E-state index contributed by atoms with van der Waals surface area (Å²) in [4.78, 5) is 1.00. The van der Waals surface area contributed by atoms with E-state index < -0.39 is 0 Å². The van der Waals surface area contributed by atoms with E-state index >= 15 is 0 Å². The molecular weight excluding hydrogens is 238 g/mol. The highest BCUT2D eigenvalue weighted by molar-refractivity contribution is 7.80. The zero-order valence-electron chi connectivity index (χ0n) is 9.80. The Morgan fingerprint density at radius 2 is 1.39 bits per heavy atom. The van der Waals surface area contributed by atoms with Crippen LogP contribution in [0, 0.1) is 0 Å². The van der Waals surface area contributed by atoms with E-state index in [0.29, 0.717) is 0 Å². The number of hydrogen-bond acceptors (Lipinski definition) is 2. The second kappa shape index (κ2) is 4.75. The Morgan fingerprint density at radius 3 is 2.22 bits per heavy atom. The molecule has 0 bridgehead atoms. The standard InChI is InChI=1S/C16H13NS/c18-16-11-5-8-13-14(16)9-4-10-15(13)17-12-6-2-1-3-7-12/h1-11,17-18H. The van der Waals surface area contributed by atoms with Crippen molar-refractivity contribution in [3.8, 4) is 0 Å². The monoisotopic (exact) mass is 251 g/mol. The molecule has 18 heavy (non-hydrogen) atoms. The molecule has 1 N–H and O–H groups in total. The van der Waals surface area contributed by atoms with Crippen LogP contribution < -0.4 is 5.32 Å². The normalized spacial score (nSPS) is 10.5. The third-order valence-corrected chi connectivity index (χ3v) is 3.34. The van der Waals surface area contributed by atoms with Gasteiger partial charge in [0, 0.05) is 21.7 Å². The lowest BCUT2D eigenvalue weighted by molar-refractivity contribution is 1.53. The fourth-order valence-electron chi connectivity index (χ4n) is 2.08. The second-order valence-corrected chi connectivity index (χ2v) is 4.65. The molecular formula is C16H13NS. The average Bonchev–Trinajstić information content (AvgIpc) is 2.41. The van der Waals surface area contributed by atoms with Gasteiger partial charge in [0.2, 0.25) is 0 Å². The van der Waals surface area contributed by atoms with Gasteiger partial charge in [-0.3, -0.25) is 0 Å². The molecule has 3 aromatic carbocycles. The van der Waals surface area contributed by atoms with Gasteiger partial charge in [-0.2, -0.15) is 0 Å². The van der Waals surface area contributed by atoms with Gasteiger partial charge in [0.25, 0.3) is 0 Å². The number of hydrogen-bond donors (Lipinski definition) is 2. The first-order chi connectivity index (χ1) is 8.84. The van der Waals surface area contributed by atoms with Gasteiger partial charge in [-0.15, -0.1) is 12.6 Å². The highest BCUT2D eigenvalue weighted by Crippen LogP contribution is 2.29. The molecule has 0 heterocycles. The zero-order chi connectivity index (χ0) is 12.4. The van der Waals surface area contributed by atoms with Crippen LogP contribution in [0.25, 0.3) is 10.8 Å². The van der Waals surface area contributed by atoms with Gasteiger partial charge in [0.1, 0.15) is 0 Å². The van der Waals surface area contributed by atoms with Gasteiger partial charge in [-0.05, 0) is 29.7 Å². The minimum absolute atomic E-state index is 1.00. The van der Waals surface area contributed by atoms with E-state index in [4.69, 9.17) is 0 Å². The van der Waals surface area contributed by atoms with Crippen LogP contribution >= 0.6 is 12.6 Å². The molecule has 1 nitrogen and oxygen atoms in total. The molecule has 0 saturated heterocycles. The molecule has 0 radical (unpaired) electrons. The number of rotatable bonds is 2. The van der Waals surface area contributed by atoms with Crippen molar-refractivity contribution in [3.63, 3.8) is 0 Å². The highest BCUT2D eigenvalue weighted by Gasteiger charge is 2.02. The summed E-state index contributed by atoms with van der Waals surface area (Å²) < 4.78 is 0. The summed E-state index contributed by atoms with van der Waals surface area (Å²) in [6.07, 6.45) is 0. The number of thiol groups is 1. The van der Waals surface area contributed by atoms with E-state index in [0.717, 1.165) is 16.3 Å². The SMILES string of the molecule is Sc1cccc2c(Nc3ccccc3)cccc12. The molecule has 0 aliphatic carbocycles. The van der Waals surface area contributed by atoms with Crippen LogP contribution in [0.3, 0.4) is 0 Å². The third-order valence-electron chi connectivity index (χ3n) is 2.95. The van der Waals surface area contributed by atoms with Gasteiger partial charge in [-0.1, -0.05) is 42.5 Å². The molecule has 0 unspecified atom stereocenters. The Morgan fingerprint density at radius 1 is 0.667 bits per heavy atom. The van der Waals surface area contributed by atoms with Crippen LogP contribution in [0.4, 0.5) is 11.4 Å². The van der Waals surface area contributed by atoms with E-state index in [-0.39, 0.29) is 0 Å². The fraction of sp³-hybridized carbons (Fsp3) is 0. The van der Waals surface area contributed by atoms with Crippen molar-refractivity contribution in [2.45, 2.75) is 4.90 Å². The average molecular weight is 251 g/mol. The zero-order valence-corrected chi connectivity index (χ0v) is 10.7. The molecule has 0 amide bonds. The Hall–Kier alpha value is -1.93. The maximum absolute atomic E-state index is 4.50. The molecule has 0 spiro atoms. The molecule has 0 atom stereocenters. The summed E-state index contributed by atoms with van der Waals surface area (Å²) >= 11 is 4.50. The van der Waals surface area contributed by atoms with Crippen molar-refractivity contribution in [2.75, 3.05) is 5.32 Å². The van der Waals surface area contributed by atoms with Crippen LogP contribution in [0.15, 0.2) is 71.6 Å². The molecule has 0 aliphatic rings. The molecule has 0 aromatic heterocycles.